The Balaban J connectivity index is 1.86. The number of piperidine rings is 1. The van der Waals surface area contributed by atoms with E-state index in [1.54, 1.807) is 0 Å². The Morgan fingerprint density at radius 2 is 1.90 bits per heavy atom. The number of rotatable bonds is 3. The zero-order valence-electron chi connectivity index (χ0n) is 11.5. The molecule has 1 saturated heterocycles. The van der Waals surface area contributed by atoms with E-state index in [0.717, 1.165) is 18.4 Å². The summed E-state index contributed by atoms with van der Waals surface area (Å²) in [6.45, 7) is 1.72. The van der Waals surface area contributed by atoms with Gasteiger partial charge in [-0.1, -0.05) is 30.3 Å². The molecule has 0 N–H and O–H groups in total. The van der Waals surface area contributed by atoms with Crippen LogP contribution in [0.4, 0.5) is 0 Å². The Kier molecular flexibility index (Phi) is 2.96. The van der Waals surface area contributed by atoms with Gasteiger partial charge < -0.3 is 0 Å². The number of carbonyl (C=O) groups is 3. The van der Waals surface area contributed by atoms with Gasteiger partial charge in [0, 0.05) is 6.42 Å². The van der Waals surface area contributed by atoms with Crippen LogP contribution in [0.5, 0.6) is 0 Å². The molecule has 2 amide bonds. The molecular weight excluding hydrogens is 254 g/mol. The van der Waals surface area contributed by atoms with Crippen LogP contribution < -0.4 is 0 Å². The summed E-state index contributed by atoms with van der Waals surface area (Å²) in [5.41, 5.74) is 0.552. The SMILES string of the molecule is CC(=O)C1C(=O)N(Cc2ccccc2)C(=O)CC12CC2. The minimum atomic E-state index is -0.621. The maximum atomic E-state index is 12.5. The lowest BCUT2D eigenvalue weighted by molar-refractivity contribution is -0.158. The molecular formula is C16H17NO3. The predicted molar refractivity (Wildman–Crippen MR) is 72.5 cm³/mol. The number of ketones is 1. The molecule has 4 heteroatoms. The number of carbonyl (C=O) groups excluding carboxylic acids is 3. The molecule has 1 atom stereocenters. The summed E-state index contributed by atoms with van der Waals surface area (Å²) in [7, 11) is 0. The summed E-state index contributed by atoms with van der Waals surface area (Å²) in [5.74, 6) is -1.19. The molecule has 1 unspecified atom stereocenters. The van der Waals surface area contributed by atoms with Gasteiger partial charge in [0.2, 0.25) is 11.8 Å². The van der Waals surface area contributed by atoms with Gasteiger partial charge in [0.25, 0.3) is 0 Å². The fourth-order valence-corrected chi connectivity index (χ4v) is 3.20. The molecule has 1 aromatic rings. The first-order chi connectivity index (χ1) is 9.53. The van der Waals surface area contributed by atoms with Crippen molar-refractivity contribution in [2.24, 2.45) is 11.3 Å². The molecule has 104 valence electrons. The summed E-state index contributed by atoms with van der Waals surface area (Å²) in [4.78, 5) is 37.8. The zero-order chi connectivity index (χ0) is 14.3. The van der Waals surface area contributed by atoms with Crippen molar-refractivity contribution in [2.45, 2.75) is 32.7 Å². The first-order valence-corrected chi connectivity index (χ1v) is 6.92. The highest BCUT2D eigenvalue weighted by atomic mass is 16.2. The van der Waals surface area contributed by atoms with Crippen molar-refractivity contribution >= 4 is 17.6 Å². The molecule has 0 bridgehead atoms. The highest BCUT2D eigenvalue weighted by molar-refractivity contribution is 6.10. The molecule has 4 nitrogen and oxygen atoms in total. The second kappa shape index (κ2) is 4.54. The third-order valence-electron chi connectivity index (χ3n) is 4.41. The third kappa shape index (κ3) is 2.05. The smallest absolute Gasteiger partial charge is 0.240 e. The molecule has 1 aromatic carbocycles. The lowest BCUT2D eigenvalue weighted by Crippen LogP contribution is -2.51. The zero-order valence-corrected chi connectivity index (χ0v) is 11.5. The van der Waals surface area contributed by atoms with E-state index in [-0.39, 0.29) is 29.6 Å². The Morgan fingerprint density at radius 3 is 2.45 bits per heavy atom. The number of hydrogen-bond donors (Lipinski definition) is 0. The topological polar surface area (TPSA) is 54.5 Å². The third-order valence-corrected chi connectivity index (χ3v) is 4.41. The van der Waals surface area contributed by atoms with Crippen LogP contribution >= 0.6 is 0 Å². The van der Waals surface area contributed by atoms with Crippen LogP contribution in [0.25, 0.3) is 0 Å². The van der Waals surface area contributed by atoms with Gasteiger partial charge in [0.1, 0.15) is 11.7 Å². The average Bonchev–Trinajstić information content (AvgIpc) is 3.15. The molecule has 1 aliphatic carbocycles. The van der Waals surface area contributed by atoms with E-state index in [1.165, 1.54) is 11.8 Å². The Hall–Kier alpha value is -1.97. The van der Waals surface area contributed by atoms with Crippen LogP contribution in [0.2, 0.25) is 0 Å². The molecule has 1 spiro atoms. The van der Waals surface area contributed by atoms with Crippen molar-refractivity contribution in [3.05, 3.63) is 35.9 Å². The van der Waals surface area contributed by atoms with Gasteiger partial charge >= 0.3 is 0 Å². The molecule has 2 fully saturated rings. The molecule has 0 radical (unpaired) electrons. The van der Waals surface area contributed by atoms with E-state index >= 15 is 0 Å². The van der Waals surface area contributed by atoms with E-state index in [0.29, 0.717) is 6.42 Å². The van der Waals surface area contributed by atoms with Crippen molar-refractivity contribution in [3.63, 3.8) is 0 Å². The fourth-order valence-electron chi connectivity index (χ4n) is 3.20. The minimum Gasteiger partial charge on any atom is -0.299 e. The average molecular weight is 271 g/mol. The second-order valence-electron chi connectivity index (χ2n) is 5.89. The highest BCUT2D eigenvalue weighted by Gasteiger charge is 2.60. The molecule has 1 saturated carbocycles. The van der Waals surface area contributed by atoms with Crippen molar-refractivity contribution < 1.29 is 14.4 Å². The Bertz CT molecular complexity index is 575. The number of likely N-dealkylation sites (tertiary alicyclic amines) is 1. The summed E-state index contributed by atoms with van der Waals surface area (Å²) < 4.78 is 0. The van der Waals surface area contributed by atoms with Crippen LogP contribution in [0.1, 0.15) is 31.7 Å². The van der Waals surface area contributed by atoms with Crippen molar-refractivity contribution in [1.29, 1.82) is 0 Å². The highest BCUT2D eigenvalue weighted by Crippen LogP contribution is 2.57. The quantitative estimate of drug-likeness (QED) is 0.623. The molecule has 3 rings (SSSR count). The Morgan fingerprint density at radius 1 is 1.25 bits per heavy atom. The Labute approximate surface area is 117 Å². The number of benzene rings is 1. The predicted octanol–water partition coefficient (Wildman–Crippen LogP) is 1.93. The lowest BCUT2D eigenvalue weighted by Gasteiger charge is -2.35. The number of Topliss-reactive ketones (excluding diaryl/α,β-unsaturated/α-hetero) is 1. The van der Waals surface area contributed by atoms with Crippen LogP contribution in [-0.2, 0) is 20.9 Å². The van der Waals surface area contributed by atoms with E-state index < -0.39 is 5.92 Å². The van der Waals surface area contributed by atoms with Gasteiger partial charge in [-0.2, -0.15) is 0 Å². The van der Waals surface area contributed by atoms with E-state index in [4.69, 9.17) is 0 Å². The lowest BCUT2D eigenvalue weighted by atomic mass is 9.79. The maximum absolute atomic E-state index is 12.5. The molecule has 1 aliphatic heterocycles. The van der Waals surface area contributed by atoms with Crippen molar-refractivity contribution in [2.75, 3.05) is 0 Å². The second-order valence-corrected chi connectivity index (χ2v) is 5.89. The van der Waals surface area contributed by atoms with Crippen molar-refractivity contribution in [1.82, 2.24) is 4.90 Å². The summed E-state index contributed by atoms with van der Waals surface area (Å²) in [5, 5.41) is 0. The van der Waals surface area contributed by atoms with Gasteiger partial charge in [0.15, 0.2) is 0 Å². The number of nitrogens with zero attached hydrogens (tertiary/aromatic N) is 1. The summed E-state index contributed by atoms with van der Waals surface area (Å²) in [6, 6.07) is 9.40. The summed E-state index contributed by atoms with van der Waals surface area (Å²) >= 11 is 0. The molecule has 20 heavy (non-hydrogen) atoms. The first-order valence-electron chi connectivity index (χ1n) is 6.92. The van der Waals surface area contributed by atoms with Crippen LogP contribution in [0.3, 0.4) is 0 Å². The summed E-state index contributed by atoms with van der Waals surface area (Å²) in [6.07, 6.45) is 1.96. The molecule has 1 heterocycles. The number of imide groups is 1. The maximum Gasteiger partial charge on any atom is 0.240 e. The van der Waals surface area contributed by atoms with Crippen LogP contribution in [0.15, 0.2) is 30.3 Å². The normalized spacial score (nSPS) is 24.1. The molecule has 0 aromatic heterocycles. The van der Waals surface area contributed by atoms with Gasteiger partial charge in [0.05, 0.1) is 6.54 Å². The standard InChI is InChI=1S/C16H17NO3/c1-11(18)14-15(20)17(10-12-5-3-2-4-6-12)13(19)9-16(14)7-8-16/h2-6,14H,7-10H2,1H3. The first kappa shape index (κ1) is 13.0. The van der Waals surface area contributed by atoms with Crippen LogP contribution in [-0.4, -0.2) is 22.5 Å². The van der Waals surface area contributed by atoms with Gasteiger partial charge in [-0.25, -0.2) is 0 Å². The van der Waals surface area contributed by atoms with E-state index in [9.17, 15) is 14.4 Å². The van der Waals surface area contributed by atoms with E-state index in [1.807, 2.05) is 30.3 Å². The van der Waals surface area contributed by atoms with Gasteiger partial charge in [-0.15, -0.1) is 0 Å². The number of amides is 2. The van der Waals surface area contributed by atoms with Gasteiger partial charge in [-0.05, 0) is 30.7 Å². The largest absolute Gasteiger partial charge is 0.299 e. The van der Waals surface area contributed by atoms with Gasteiger partial charge in [-0.3, -0.25) is 19.3 Å². The van der Waals surface area contributed by atoms with E-state index in [2.05, 4.69) is 0 Å². The minimum absolute atomic E-state index is 0.113. The monoisotopic (exact) mass is 271 g/mol. The van der Waals surface area contributed by atoms with Crippen molar-refractivity contribution in [3.8, 4) is 0 Å². The fraction of sp³-hybridized carbons (Fsp3) is 0.438. The van der Waals surface area contributed by atoms with Crippen LogP contribution in [0, 0.1) is 11.3 Å². The number of hydrogen-bond acceptors (Lipinski definition) is 3. The molecule has 2 aliphatic rings.